The van der Waals surface area contributed by atoms with Gasteiger partial charge in [-0.3, -0.25) is 14.6 Å². The maximum atomic E-state index is 14.0. The van der Waals surface area contributed by atoms with Crippen LogP contribution in [0.4, 0.5) is 0 Å². The van der Waals surface area contributed by atoms with E-state index in [1.54, 1.807) is 29.3 Å². The third kappa shape index (κ3) is 4.56. The van der Waals surface area contributed by atoms with E-state index in [9.17, 15) is 18.0 Å². The van der Waals surface area contributed by atoms with Crippen molar-refractivity contribution in [3.8, 4) is 0 Å². The highest BCUT2D eigenvalue weighted by molar-refractivity contribution is 7.92. The number of carbonyl (C=O) groups excluding carboxylic acids is 2. The lowest BCUT2D eigenvalue weighted by Crippen LogP contribution is -2.66. The zero-order valence-electron chi connectivity index (χ0n) is 19.2. The number of sulfone groups is 1. The van der Waals surface area contributed by atoms with Crippen LogP contribution in [-0.2, 0) is 24.2 Å². The highest BCUT2D eigenvalue weighted by atomic mass is 35.5. The fourth-order valence-electron chi connectivity index (χ4n) is 5.39. The second-order valence-corrected chi connectivity index (χ2v) is 12.9. The third-order valence-corrected chi connectivity index (χ3v) is 10.1. The summed E-state index contributed by atoms with van der Waals surface area (Å²) < 4.78 is 31.6. The first-order valence-electron chi connectivity index (χ1n) is 11.8. The third-order valence-electron chi connectivity index (χ3n) is 7.28. The first-order chi connectivity index (χ1) is 16.6. The molecule has 7 nitrogen and oxygen atoms in total. The summed E-state index contributed by atoms with van der Waals surface area (Å²) in [5, 5.41) is 0.661. The van der Waals surface area contributed by atoms with Crippen molar-refractivity contribution in [2.75, 3.05) is 5.75 Å². The molecule has 35 heavy (non-hydrogen) atoms. The van der Waals surface area contributed by atoms with Gasteiger partial charge >= 0.3 is 5.97 Å². The van der Waals surface area contributed by atoms with Crippen LogP contribution in [0.15, 0.2) is 42.7 Å². The molecule has 2 saturated heterocycles. The number of hydrogen-bond acceptors (Lipinski definition) is 6. The Morgan fingerprint density at radius 1 is 1.11 bits per heavy atom. The predicted octanol–water partition coefficient (Wildman–Crippen LogP) is 4.49. The molecule has 1 aromatic heterocycles. The molecule has 3 aliphatic rings. The van der Waals surface area contributed by atoms with Crippen molar-refractivity contribution in [3.05, 3.63) is 63.9 Å². The summed E-state index contributed by atoms with van der Waals surface area (Å²) in [5.41, 5.74) is 0.289. The Hall–Kier alpha value is -2.16. The second-order valence-electron chi connectivity index (χ2n) is 9.69. The van der Waals surface area contributed by atoms with Crippen LogP contribution in [0.25, 0.3) is 0 Å². The Morgan fingerprint density at radius 3 is 2.37 bits per heavy atom. The molecule has 1 amide bonds. The molecule has 3 heterocycles. The molecule has 0 N–H and O–H groups in total. The summed E-state index contributed by atoms with van der Waals surface area (Å²) in [6.45, 7) is 1.88. The van der Waals surface area contributed by atoms with Crippen LogP contribution in [0.3, 0.4) is 0 Å². The van der Waals surface area contributed by atoms with E-state index in [2.05, 4.69) is 4.98 Å². The lowest BCUT2D eigenvalue weighted by atomic mass is 9.70. The smallest absolute Gasteiger partial charge is 0.311 e. The zero-order chi connectivity index (χ0) is 25.0. The first-order valence-corrected chi connectivity index (χ1v) is 14.2. The summed E-state index contributed by atoms with van der Waals surface area (Å²) in [4.78, 5) is 31.9. The molecular formula is C25H26Cl2N2O5S. The van der Waals surface area contributed by atoms with E-state index < -0.39 is 33.5 Å². The molecule has 5 rings (SSSR count). The van der Waals surface area contributed by atoms with Gasteiger partial charge in [-0.1, -0.05) is 42.3 Å². The lowest BCUT2D eigenvalue weighted by Gasteiger charge is -2.54. The molecule has 2 aromatic rings. The van der Waals surface area contributed by atoms with Crippen molar-refractivity contribution in [2.24, 2.45) is 0 Å². The van der Waals surface area contributed by atoms with Gasteiger partial charge in [-0.2, -0.15) is 0 Å². The van der Waals surface area contributed by atoms with Crippen molar-refractivity contribution in [1.82, 2.24) is 9.88 Å². The number of rotatable bonds is 7. The van der Waals surface area contributed by atoms with Gasteiger partial charge in [0, 0.05) is 35.8 Å². The number of likely N-dealkylation sites (tertiary alicyclic amines) is 1. The number of hydrogen-bond donors (Lipinski definition) is 0. The Kier molecular flexibility index (Phi) is 6.34. The van der Waals surface area contributed by atoms with Gasteiger partial charge in [-0.05, 0) is 48.6 Å². The topological polar surface area (TPSA) is 93.6 Å². The fraction of sp³-hybridized carbons (Fsp3) is 0.480. The van der Waals surface area contributed by atoms with E-state index in [-0.39, 0.29) is 35.7 Å². The number of nitrogens with zero attached hydrogens (tertiary/aromatic N) is 2. The molecule has 0 radical (unpaired) electrons. The van der Waals surface area contributed by atoms with Gasteiger partial charge in [-0.25, -0.2) is 8.42 Å². The monoisotopic (exact) mass is 536 g/mol. The number of aromatic nitrogens is 1. The van der Waals surface area contributed by atoms with Crippen molar-refractivity contribution < 1.29 is 22.7 Å². The minimum Gasteiger partial charge on any atom is -0.448 e. The average molecular weight is 537 g/mol. The summed E-state index contributed by atoms with van der Waals surface area (Å²) in [7, 11) is -3.37. The zero-order valence-corrected chi connectivity index (χ0v) is 21.5. The molecule has 3 fully saturated rings. The van der Waals surface area contributed by atoms with Gasteiger partial charge in [0.05, 0.1) is 28.5 Å². The van der Waals surface area contributed by atoms with Crippen LogP contribution >= 0.6 is 23.2 Å². The Balaban J connectivity index is 1.65. The van der Waals surface area contributed by atoms with Crippen LogP contribution in [-0.4, -0.2) is 52.8 Å². The minimum absolute atomic E-state index is 0.0357. The number of pyridine rings is 1. The van der Waals surface area contributed by atoms with Crippen molar-refractivity contribution in [2.45, 2.75) is 67.9 Å². The summed E-state index contributed by atoms with van der Waals surface area (Å²) in [6, 6.07) is 7.91. The summed E-state index contributed by atoms with van der Waals surface area (Å²) >= 11 is 12.4. The van der Waals surface area contributed by atoms with Gasteiger partial charge in [0.15, 0.2) is 9.84 Å². The number of ether oxygens (including phenoxy) is 1. The van der Waals surface area contributed by atoms with Crippen LogP contribution in [0.1, 0.15) is 62.1 Å². The molecule has 2 aliphatic heterocycles. The fourth-order valence-corrected chi connectivity index (χ4v) is 7.76. The molecular weight excluding hydrogens is 511 g/mol. The molecule has 1 aromatic carbocycles. The lowest BCUT2D eigenvalue weighted by molar-refractivity contribution is -0.212. The van der Waals surface area contributed by atoms with E-state index in [0.717, 1.165) is 11.1 Å². The molecule has 186 valence electrons. The number of esters is 1. The number of piperidine rings is 1. The number of amides is 1. The van der Waals surface area contributed by atoms with Crippen LogP contribution < -0.4 is 0 Å². The summed E-state index contributed by atoms with van der Waals surface area (Å²) in [6.07, 6.45) is 5.21. The van der Waals surface area contributed by atoms with Crippen LogP contribution in [0.5, 0.6) is 0 Å². The van der Waals surface area contributed by atoms with Crippen LogP contribution in [0, 0.1) is 0 Å². The number of halogens is 2. The maximum absolute atomic E-state index is 14.0. The molecule has 10 heteroatoms. The van der Waals surface area contributed by atoms with Gasteiger partial charge < -0.3 is 9.64 Å². The molecule has 4 atom stereocenters. The average Bonchev–Trinajstić information content (AvgIpc) is 3.65. The second kappa shape index (κ2) is 9.05. The molecule has 1 aliphatic carbocycles. The van der Waals surface area contributed by atoms with Crippen molar-refractivity contribution in [3.63, 3.8) is 0 Å². The van der Waals surface area contributed by atoms with E-state index in [4.69, 9.17) is 27.9 Å². The highest BCUT2D eigenvalue weighted by Gasteiger charge is 2.62. The van der Waals surface area contributed by atoms with Gasteiger partial charge in [0.1, 0.15) is 0 Å². The number of carbonyl (C=O) groups is 2. The molecule has 1 saturated carbocycles. The Morgan fingerprint density at radius 2 is 1.80 bits per heavy atom. The normalized spacial score (nSPS) is 27.5. The van der Waals surface area contributed by atoms with E-state index in [0.29, 0.717) is 29.3 Å². The minimum atomic E-state index is -3.37. The van der Waals surface area contributed by atoms with E-state index >= 15 is 0 Å². The SMILES string of the molecule is CCC(CS(=O)(=O)C1CC1)N1C(=O)C2(CC(=O)O2)CC(c2cncc(Cl)c2)C1c1ccc(Cl)cc1. The van der Waals surface area contributed by atoms with Crippen molar-refractivity contribution in [1.29, 1.82) is 0 Å². The molecule has 0 bridgehead atoms. The maximum Gasteiger partial charge on any atom is 0.311 e. The summed E-state index contributed by atoms with van der Waals surface area (Å²) in [5.74, 6) is -1.24. The first kappa shape index (κ1) is 24.5. The standard InChI is InChI=1S/C25H26Cl2N2O5S/c1-2-19(14-35(32,33)20-7-8-20)29-23(15-3-5-17(26)6-4-15)21(16-9-18(27)13-28-12-16)10-25(24(29)31)11-22(30)34-25/h3-6,9,12-13,19-21,23H,2,7-8,10-11,14H2,1H3. The van der Waals surface area contributed by atoms with E-state index in [1.807, 2.05) is 19.1 Å². The predicted molar refractivity (Wildman–Crippen MR) is 132 cm³/mol. The van der Waals surface area contributed by atoms with Gasteiger partial charge in [-0.15, -0.1) is 0 Å². The Bertz CT molecular complexity index is 1250. The van der Waals surface area contributed by atoms with Crippen molar-refractivity contribution >= 4 is 44.9 Å². The van der Waals surface area contributed by atoms with E-state index in [1.165, 1.54) is 6.20 Å². The Labute approximate surface area is 214 Å². The number of benzene rings is 1. The molecule has 1 spiro atoms. The quantitative estimate of drug-likeness (QED) is 0.484. The van der Waals surface area contributed by atoms with Gasteiger partial charge in [0.2, 0.25) is 5.60 Å². The highest BCUT2D eigenvalue weighted by Crippen LogP contribution is 2.52. The molecule has 4 unspecified atom stereocenters. The van der Waals surface area contributed by atoms with Gasteiger partial charge in [0.25, 0.3) is 5.91 Å². The largest absolute Gasteiger partial charge is 0.448 e. The van der Waals surface area contributed by atoms with Crippen LogP contribution in [0.2, 0.25) is 10.0 Å².